The molecule has 0 atom stereocenters. The van der Waals surface area contributed by atoms with Crippen LogP contribution in [-0.2, 0) is 4.74 Å². The Kier molecular flexibility index (Phi) is 4.78. The summed E-state index contributed by atoms with van der Waals surface area (Å²) in [7, 11) is 0. The molecule has 1 aromatic heterocycles. The van der Waals surface area contributed by atoms with E-state index in [4.69, 9.17) is 10.5 Å². The molecule has 1 aliphatic rings. The van der Waals surface area contributed by atoms with Crippen LogP contribution in [0.4, 0.5) is 16.3 Å². The summed E-state index contributed by atoms with van der Waals surface area (Å²) in [6, 6.07) is 3.99. The van der Waals surface area contributed by atoms with Gasteiger partial charge in [0.2, 0.25) is 0 Å². The zero-order valence-electron chi connectivity index (χ0n) is 13.8. The molecule has 0 spiro atoms. The van der Waals surface area contributed by atoms with Crippen molar-refractivity contribution in [2.24, 2.45) is 0 Å². The van der Waals surface area contributed by atoms with Gasteiger partial charge in [0.25, 0.3) is 0 Å². The van der Waals surface area contributed by atoms with E-state index in [0.29, 0.717) is 5.69 Å². The lowest BCUT2D eigenvalue weighted by molar-refractivity contribution is 0.0497. The first-order valence-electron chi connectivity index (χ1n) is 7.72. The number of piperidine rings is 1. The minimum Gasteiger partial charge on any atom is -0.444 e. The van der Waals surface area contributed by atoms with Crippen molar-refractivity contribution in [3.8, 4) is 0 Å². The Bertz CT molecular complexity index is 531. The lowest BCUT2D eigenvalue weighted by Gasteiger charge is -2.33. The lowest BCUT2D eigenvalue weighted by Crippen LogP contribution is -2.46. The summed E-state index contributed by atoms with van der Waals surface area (Å²) in [5.41, 5.74) is 6.91. The van der Waals surface area contributed by atoms with E-state index in [-0.39, 0.29) is 12.1 Å². The van der Waals surface area contributed by atoms with Crippen LogP contribution in [0.2, 0.25) is 0 Å². The maximum atomic E-state index is 11.8. The summed E-state index contributed by atoms with van der Waals surface area (Å²) in [6.45, 7) is 9.22. The second-order valence-electron chi connectivity index (χ2n) is 6.75. The van der Waals surface area contributed by atoms with E-state index in [9.17, 15) is 4.79 Å². The molecular formula is C16H26N4O2. The molecule has 2 heterocycles. The minimum atomic E-state index is -0.462. The van der Waals surface area contributed by atoms with Crippen LogP contribution < -0.4 is 16.0 Å². The third-order valence-electron chi connectivity index (χ3n) is 3.65. The Hall–Kier alpha value is -1.98. The highest BCUT2D eigenvalue weighted by Crippen LogP contribution is 2.20. The molecule has 122 valence electrons. The number of alkyl carbamates (subject to hydrolysis) is 1. The van der Waals surface area contributed by atoms with Crippen LogP contribution in [0.15, 0.2) is 12.1 Å². The van der Waals surface area contributed by atoms with E-state index in [0.717, 1.165) is 37.4 Å². The summed E-state index contributed by atoms with van der Waals surface area (Å²) < 4.78 is 5.29. The highest BCUT2D eigenvalue weighted by Gasteiger charge is 2.24. The number of carbonyl (C=O) groups is 1. The molecule has 1 fully saturated rings. The molecule has 2 rings (SSSR count). The van der Waals surface area contributed by atoms with E-state index in [1.807, 2.05) is 39.8 Å². The molecule has 1 aromatic rings. The number of hydrogen-bond donors (Lipinski definition) is 2. The van der Waals surface area contributed by atoms with E-state index in [1.165, 1.54) is 0 Å². The van der Waals surface area contributed by atoms with Gasteiger partial charge in [-0.1, -0.05) is 0 Å². The van der Waals surface area contributed by atoms with E-state index >= 15 is 0 Å². The number of pyridine rings is 1. The molecule has 6 nitrogen and oxygen atoms in total. The Morgan fingerprint density at radius 3 is 2.55 bits per heavy atom. The van der Waals surface area contributed by atoms with Crippen molar-refractivity contribution in [3.63, 3.8) is 0 Å². The molecule has 0 aliphatic carbocycles. The maximum Gasteiger partial charge on any atom is 0.407 e. The van der Waals surface area contributed by atoms with Gasteiger partial charge >= 0.3 is 6.09 Å². The molecule has 0 bridgehead atoms. The number of hydrogen-bond acceptors (Lipinski definition) is 5. The van der Waals surface area contributed by atoms with Crippen LogP contribution in [0.3, 0.4) is 0 Å². The van der Waals surface area contributed by atoms with E-state index in [2.05, 4.69) is 15.2 Å². The highest BCUT2D eigenvalue weighted by atomic mass is 16.6. The first kappa shape index (κ1) is 16.4. The van der Waals surface area contributed by atoms with Crippen LogP contribution in [-0.4, -0.2) is 35.8 Å². The first-order valence-corrected chi connectivity index (χ1v) is 7.72. The third kappa shape index (κ3) is 4.51. The fourth-order valence-corrected chi connectivity index (χ4v) is 2.46. The number of nitrogens with two attached hydrogens (primary N) is 1. The zero-order chi connectivity index (χ0) is 16.3. The summed E-state index contributed by atoms with van der Waals surface area (Å²) in [5.74, 6) is 0.947. The number of anilines is 2. The average Bonchev–Trinajstić information content (AvgIpc) is 2.40. The van der Waals surface area contributed by atoms with Crippen LogP contribution in [0.5, 0.6) is 0 Å². The fraction of sp³-hybridized carbons (Fsp3) is 0.625. The van der Waals surface area contributed by atoms with Gasteiger partial charge in [-0.25, -0.2) is 9.78 Å². The van der Waals surface area contributed by atoms with Gasteiger partial charge in [-0.3, -0.25) is 0 Å². The number of nitrogens with zero attached hydrogens (tertiary/aromatic N) is 2. The van der Waals surface area contributed by atoms with Crippen molar-refractivity contribution < 1.29 is 9.53 Å². The molecule has 3 N–H and O–H groups in total. The summed E-state index contributed by atoms with van der Waals surface area (Å²) in [6.07, 6.45) is 1.42. The number of aryl methyl sites for hydroxylation is 1. The Morgan fingerprint density at radius 2 is 2.00 bits per heavy atom. The standard InChI is InChI=1S/C16H26N4O2/c1-11-13(17)5-6-14(18-11)20-9-7-12(8-10-20)19-15(21)22-16(2,3)4/h5-6,12H,7-10,17H2,1-4H3,(H,19,21). The number of rotatable bonds is 2. The molecule has 0 aromatic carbocycles. The highest BCUT2D eigenvalue weighted by molar-refractivity contribution is 5.68. The number of aromatic nitrogens is 1. The molecular weight excluding hydrogens is 280 g/mol. The quantitative estimate of drug-likeness (QED) is 0.877. The molecule has 0 unspecified atom stereocenters. The average molecular weight is 306 g/mol. The van der Waals surface area contributed by atoms with Crippen molar-refractivity contribution >= 4 is 17.6 Å². The lowest BCUT2D eigenvalue weighted by atomic mass is 10.1. The van der Waals surface area contributed by atoms with Gasteiger partial charge in [-0.2, -0.15) is 0 Å². The smallest absolute Gasteiger partial charge is 0.407 e. The Balaban J connectivity index is 1.85. The SMILES string of the molecule is Cc1nc(N2CCC(NC(=O)OC(C)(C)C)CC2)ccc1N. The molecule has 1 aliphatic heterocycles. The third-order valence-corrected chi connectivity index (χ3v) is 3.65. The maximum absolute atomic E-state index is 11.8. The number of amides is 1. The minimum absolute atomic E-state index is 0.154. The van der Waals surface area contributed by atoms with Crippen LogP contribution >= 0.6 is 0 Å². The first-order chi connectivity index (χ1) is 10.2. The summed E-state index contributed by atoms with van der Waals surface area (Å²) in [5, 5.41) is 2.94. The topological polar surface area (TPSA) is 80.5 Å². The van der Waals surface area contributed by atoms with Gasteiger partial charge < -0.3 is 20.7 Å². The van der Waals surface area contributed by atoms with Crippen molar-refractivity contribution in [1.29, 1.82) is 0 Å². The van der Waals surface area contributed by atoms with Gasteiger partial charge in [0.1, 0.15) is 11.4 Å². The molecule has 1 saturated heterocycles. The molecule has 1 amide bonds. The predicted molar refractivity (Wildman–Crippen MR) is 88.0 cm³/mol. The molecule has 22 heavy (non-hydrogen) atoms. The molecule has 6 heteroatoms. The second-order valence-corrected chi connectivity index (χ2v) is 6.75. The number of nitrogen functional groups attached to an aromatic ring is 1. The van der Waals surface area contributed by atoms with Crippen LogP contribution in [0.25, 0.3) is 0 Å². The molecule has 0 saturated carbocycles. The second kappa shape index (κ2) is 6.42. The van der Waals surface area contributed by atoms with Gasteiger partial charge in [-0.05, 0) is 52.7 Å². The van der Waals surface area contributed by atoms with Gasteiger partial charge in [0.05, 0.1) is 11.4 Å². The predicted octanol–water partition coefficient (Wildman–Crippen LogP) is 2.47. The van der Waals surface area contributed by atoms with Crippen molar-refractivity contribution in [2.45, 2.75) is 52.2 Å². The molecule has 0 radical (unpaired) electrons. The summed E-state index contributed by atoms with van der Waals surface area (Å²) >= 11 is 0. The van der Waals surface area contributed by atoms with Gasteiger partial charge in [-0.15, -0.1) is 0 Å². The number of ether oxygens (including phenoxy) is 1. The van der Waals surface area contributed by atoms with Gasteiger partial charge in [0, 0.05) is 19.1 Å². The monoisotopic (exact) mass is 306 g/mol. The van der Waals surface area contributed by atoms with E-state index < -0.39 is 5.60 Å². The fourth-order valence-electron chi connectivity index (χ4n) is 2.46. The van der Waals surface area contributed by atoms with Crippen LogP contribution in [0.1, 0.15) is 39.3 Å². The Labute approximate surface area is 132 Å². The largest absolute Gasteiger partial charge is 0.444 e. The zero-order valence-corrected chi connectivity index (χ0v) is 13.8. The van der Waals surface area contributed by atoms with Crippen molar-refractivity contribution in [3.05, 3.63) is 17.8 Å². The Morgan fingerprint density at radius 1 is 1.36 bits per heavy atom. The van der Waals surface area contributed by atoms with Gasteiger partial charge in [0.15, 0.2) is 0 Å². The number of carbonyl (C=O) groups excluding carboxylic acids is 1. The normalized spacial score (nSPS) is 16.5. The van der Waals surface area contributed by atoms with Crippen LogP contribution in [0, 0.1) is 6.92 Å². The van der Waals surface area contributed by atoms with Crippen molar-refractivity contribution in [2.75, 3.05) is 23.7 Å². The van der Waals surface area contributed by atoms with Crippen molar-refractivity contribution in [1.82, 2.24) is 10.3 Å². The summed E-state index contributed by atoms with van der Waals surface area (Å²) in [4.78, 5) is 18.5. The van der Waals surface area contributed by atoms with E-state index in [1.54, 1.807) is 0 Å². The number of nitrogens with one attached hydrogen (secondary N) is 1.